The topological polar surface area (TPSA) is 0 Å². The SMILES string of the molecule is C[PH+](C)c1ccccc1[PH+](c1ccccc1)c1ccccc1.[Ag+].[Ag+].[C-]#Cc1c2ccccc2cc2ccccc12.[C-]#Cc1c2ccccc2cc2ccccc12. The summed E-state index contributed by atoms with van der Waals surface area (Å²) < 4.78 is 0. The van der Waals surface area contributed by atoms with E-state index in [0.29, 0.717) is 0 Å². The van der Waals surface area contributed by atoms with Gasteiger partial charge in [0.25, 0.3) is 0 Å². The zero-order valence-corrected chi connectivity index (χ0v) is 36.0. The minimum absolute atomic E-state index is 0. The van der Waals surface area contributed by atoms with E-state index in [4.69, 9.17) is 12.8 Å². The van der Waals surface area contributed by atoms with Gasteiger partial charge in [-0.25, -0.2) is 0 Å². The Bertz CT molecular complexity index is 2500. The Morgan fingerprint density at radius 3 is 0.964 bits per heavy atom. The first-order valence-electron chi connectivity index (χ1n) is 18.1. The van der Waals surface area contributed by atoms with Crippen LogP contribution < -0.4 is 21.2 Å². The van der Waals surface area contributed by atoms with Gasteiger partial charge in [0.1, 0.15) is 29.1 Å². The van der Waals surface area contributed by atoms with E-state index < -0.39 is 15.8 Å². The van der Waals surface area contributed by atoms with E-state index in [9.17, 15) is 0 Å². The van der Waals surface area contributed by atoms with Crippen molar-refractivity contribution in [1.82, 2.24) is 0 Å². The van der Waals surface area contributed by atoms with Crippen molar-refractivity contribution in [2.45, 2.75) is 0 Å². The molecule has 0 aliphatic heterocycles. The molecule has 278 valence electrons. The Kier molecular flexibility index (Phi) is 15.7. The Morgan fingerprint density at radius 1 is 0.357 bits per heavy atom. The molecule has 0 N–H and O–H groups in total. The quantitative estimate of drug-likeness (QED) is 0.0542. The van der Waals surface area contributed by atoms with E-state index in [1.165, 1.54) is 10.6 Å². The third kappa shape index (κ3) is 9.53. The van der Waals surface area contributed by atoms with Crippen LogP contribution in [0.4, 0.5) is 0 Å². The van der Waals surface area contributed by atoms with Crippen LogP contribution in [0.25, 0.3) is 43.1 Å². The Morgan fingerprint density at radius 2 is 0.643 bits per heavy atom. The normalized spacial score (nSPS) is 10.3. The average molecular weight is 943 g/mol. The maximum absolute atomic E-state index is 7.46. The maximum Gasteiger partial charge on any atom is 1.00 e. The summed E-state index contributed by atoms with van der Waals surface area (Å²) >= 11 is 0. The molecule has 9 rings (SSSR count). The molecule has 0 saturated carbocycles. The molecule has 0 radical (unpaired) electrons. The third-order valence-corrected chi connectivity index (χ3v) is 14.2. The van der Waals surface area contributed by atoms with Gasteiger partial charge >= 0.3 is 44.8 Å². The van der Waals surface area contributed by atoms with Crippen LogP contribution in [0.1, 0.15) is 11.1 Å². The van der Waals surface area contributed by atoms with Crippen LogP contribution >= 0.6 is 15.8 Å². The second-order valence-corrected chi connectivity index (χ2v) is 18.3. The summed E-state index contributed by atoms with van der Waals surface area (Å²) in [6.07, 6.45) is 14.9. The fraction of sp³-hybridized carbons (Fsp3) is 0.0385. The second kappa shape index (κ2) is 20.6. The number of hydrogen-bond donors (Lipinski definition) is 0. The van der Waals surface area contributed by atoms with Gasteiger partial charge in [-0.3, -0.25) is 11.8 Å². The van der Waals surface area contributed by atoms with E-state index in [2.05, 4.69) is 146 Å². The van der Waals surface area contributed by atoms with Crippen molar-refractivity contribution >= 4 is 80.2 Å². The van der Waals surface area contributed by atoms with Crippen molar-refractivity contribution in [3.8, 4) is 11.8 Å². The van der Waals surface area contributed by atoms with Crippen molar-refractivity contribution < 1.29 is 44.8 Å². The molecule has 0 spiro atoms. The first-order valence-corrected chi connectivity index (χ1v) is 22.1. The van der Waals surface area contributed by atoms with Gasteiger partial charge in [0.2, 0.25) is 0 Å². The molecular weight excluding hydrogens is 902 g/mol. The largest absolute Gasteiger partial charge is 1.00 e. The molecular formula is C52H40Ag2P2+2. The van der Waals surface area contributed by atoms with Crippen LogP contribution in [0.2, 0.25) is 0 Å². The summed E-state index contributed by atoms with van der Waals surface area (Å²) in [7, 11) is -1.40. The summed E-state index contributed by atoms with van der Waals surface area (Å²) in [6.45, 7) is 4.78. The molecule has 0 aliphatic rings. The molecule has 0 saturated heterocycles. The number of benzene rings is 9. The van der Waals surface area contributed by atoms with E-state index in [1.54, 1.807) is 10.6 Å². The zero-order chi connectivity index (χ0) is 37.3. The van der Waals surface area contributed by atoms with Crippen LogP contribution in [0.15, 0.2) is 194 Å². The van der Waals surface area contributed by atoms with Crippen LogP contribution in [0.3, 0.4) is 0 Å². The predicted molar refractivity (Wildman–Crippen MR) is 242 cm³/mol. The van der Waals surface area contributed by atoms with Crippen LogP contribution in [0, 0.1) is 24.7 Å². The summed E-state index contributed by atoms with van der Waals surface area (Å²) in [5.41, 5.74) is 1.77. The molecule has 9 aromatic rings. The van der Waals surface area contributed by atoms with Crippen molar-refractivity contribution in [2.24, 2.45) is 0 Å². The molecule has 0 atom stereocenters. The Balaban J connectivity index is 0.000000161. The van der Waals surface area contributed by atoms with Gasteiger partial charge in [0, 0.05) is 7.92 Å². The molecule has 0 fully saturated rings. The van der Waals surface area contributed by atoms with E-state index in [1.807, 2.05) is 72.8 Å². The number of rotatable bonds is 4. The molecule has 0 unspecified atom stereocenters. The van der Waals surface area contributed by atoms with Crippen molar-refractivity contribution in [1.29, 1.82) is 0 Å². The van der Waals surface area contributed by atoms with E-state index in [0.717, 1.165) is 54.2 Å². The molecule has 4 heteroatoms. The fourth-order valence-corrected chi connectivity index (χ4v) is 11.9. The minimum atomic E-state index is -0.926. The summed E-state index contributed by atoms with van der Waals surface area (Å²) in [5, 5.41) is 15.1. The van der Waals surface area contributed by atoms with Gasteiger partial charge in [-0.1, -0.05) is 167 Å². The number of hydrogen-bond acceptors (Lipinski definition) is 0. The molecule has 56 heavy (non-hydrogen) atoms. The van der Waals surface area contributed by atoms with Crippen molar-refractivity contribution in [3.63, 3.8) is 0 Å². The van der Waals surface area contributed by atoms with Crippen LogP contribution in [0.5, 0.6) is 0 Å². The third-order valence-electron chi connectivity index (χ3n) is 9.65. The molecule has 0 nitrogen and oxygen atoms in total. The first kappa shape index (κ1) is 42.6. The van der Waals surface area contributed by atoms with Gasteiger partial charge in [0.15, 0.2) is 0 Å². The van der Waals surface area contributed by atoms with Gasteiger partial charge in [-0.05, 0) is 70.1 Å². The summed E-state index contributed by atoms with van der Waals surface area (Å²) in [6, 6.07) is 67.9. The molecule has 0 aliphatic carbocycles. The molecule has 0 bridgehead atoms. The monoisotopic (exact) mass is 940 g/mol. The Hall–Kier alpha value is -4.52. The maximum atomic E-state index is 7.46. The predicted octanol–water partition coefficient (Wildman–Crippen LogP) is 11.1. The minimum Gasteiger partial charge on any atom is -0.366 e. The molecule has 0 amide bonds. The molecule has 0 heterocycles. The van der Waals surface area contributed by atoms with Crippen molar-refractivity contribution in [2.75, 3.05) is 13.3 Å². The first-order chi connectivity index (χ1) is 26.6. The standard InChI is InChI=1S/C20H20P2.2C16H9.2Ag/c1-21(2)19-15-9-10-16-20(19)22(17-11-5-3-6-12-17)18-13-7-4-8-14-18;2*1-2-14-15-9-5-3-7-12(15)11-13-8-4-6-10-16(13)14;;/h3-16H,1-2H3;2*3-11H;;/q;2*-1;2*+1/p+2. The zero-order valence-electron chi connectivity index (χ0n) is 31.1. The smallest absolute Gasteiger partial charge is 0.366 e. The van der Waals surface area contributed by atoms with Gasteiger partial charge in [-0.15, -0.1) is 11.1 Å². The van der Waals surface area contributed by atoms with Gasteiger partial charge in [0.05, 0.1) is 13.3 Å². The summed E-state index contributed by atoms with van der Waals surface area (Å²) in [4.78, 5) is 0. The average Bonchev–Trinajstić information content (AvgIpc) is 3.23. The molecule has 9 aromatic carbocycles. The van der Waals surface area contributed by atoms with Crippen molar-refractivity contribution in [3.05, 3.63) is 218 Å². The number of fused-ring (bicyclic) bond motifs is 4. The van der Waals surface area contributed by atoms with E-state index >= 15 is 0 Å². The second-order valence-electron chi connectivity index (χ2n) is 13.3. The molecule has 0 aromatic heterocycles. The van der Waals surface area contributed by atoms with Crippen LogP contribution in [-0.4, -0.2) is 13.3 Å². The Labute approximate surface area is 365 Å². The van der Waals surface area contributed by atoms with Crippen LogP contribution in [-0.2, 0) is 44.8 Å². The van der Waals surface area contributed by atoms with Gasteiger partial charge in [-0.2, -0.15) is 0 Å². The van der Waals surface area contributed by atoms with E-state index in [-0.39, 0.29) is 44.8 Å². The summed E-state index contributed by atoms with van der Waals surface area (Å²) in [5.74, 6) is 5.13. The van der Waals surface area contributed by atoms with Gasteiger partial charge < -0.3 is 12.8 Å². The fourth-order valence-electron chi connectivity index (χ4n) is 7.12.